The highest BCUT2D eigenvalue weighted by atomic mass is 32.2. The number of rotatable bonds is 6. The van der Waals surface area contributed by atoms with Crippen LogP contribution in [0.3, 0.4) is 0 Å². The summed E-state index contributed by atoms with van der Waals surface area (Å²) in [7, 11) is -2.55. The lowest BCUT2D eigenvalue weighted by Gasteiger charge is -2.14. The molecule has 7 heteroatoms. The van der Waals surface area contributed by atoms with Crippen LogP contribution in [0, 0.1) is 5.41 Å². The molecule has 1 aromatic rings. The van der Waals surface area contributed by atoms with Gasteiger partial charge in [0.25, 0.3) is 0 Å². The molecule has 0 aromatic heterocycles. The van der Waals surface area contributed by atoms with Gasteiger partial charge in [-0.15, -0.1) is 0 Å². The van der Waals surface area contributed by atoms with Gasteiger partial charge in [-0.05, 0) is 42.9 Å². The Morgan fingerprint density at radius 2 is 2.10 bits per heavy atom. The second-order valence-corrected chi connectivity index (χ2v) is 7.12. The number of benzene rings is 1. The van der Waals surface area contributed by atoms with E-state index in [0.29, 0.717) is 6.54 Å². The van der Waals surface area contributed by atoms with Gasteiger partial charge in [0.2, 0.25) is 10.0 Å². The van der Waals surface area contributed by atoms with Gasteiger partial charge in [-0.3, -0.25) is 0 Å². The molecule has 0 unspecified atom stereocenters. The zero-order valence-electron chi connectivity index (χ0n) is 12.0. The van der Waals surface area contributed by atoms with Crippen LogP contribution in [0.2, 0.25) is 0 Å². The minimum Gasteiger partial charge on any atom is -0.507 e. The van der Waals surface area contributed by atoms with Crippen LogP contribution < -0.4 is 4.72 Å². The van der Waals surface area contributed by atoms with Crippen molar-refractivity contribution in [2.75, 3.05) is 13.7 Å². The van der Waals surface area contributed by atoms with Crippen molar-refractivity contribution in [1.82, 2.24) is 4.72 Å². The molecule has 1 saturated carbocycles. The van der Waals surface area contributed by atoms with Gasteiger partial charge in [0.05, 0.1) is 12.0 Å². The molecular formula is C14H19NO5S. The minimum atomic E-state index is -3.71. The molecule has 1 fully saturated rings. The maximum absolute atomic E-state index is 12.3. The van der Waals surface area contributed by atoms with E-state index in [1.165, 1.54) is 19.2 Å². The summed E-state index contributed by atoms with van der Waals surface area (Å²) in [6.45, 7) is 2.43. The van der Waals surface area contributed by atoms with Gasteiger partial charge in [0.1, 0.15) is 11.3 Å². The van der Waals surface area contributed by atoms with Crippen molar-refractivity contribution in [3.63, 3.8) is 0 Å². The van der Waals surface area contributed by atoms with Crippen molar-refractivity contribution < 1.29 is 23.1 Å². The van der Waals surface area contributed by atoms with Gasteiger partial charge in [0, 0.05) is 6.54 Å². The van der Waals surface area contributed by atoms with Crippen LogP contribution >= 0.6 is 0 Å². The molecule has 1 aliphatic rings. The number of phenols is 1. The van der Waals surface area contributed by atoms with E-state index >= 15 is 0 Å². The van der Waals surface area contributed by atoms with Crippen LogP contribution in [0.15, 0.2) is 23.1 Å². The molecule has 2 N–H and O–H groups in total. The third-order valence-electron chi connectivity index (χ3n) is 4.03. The summed E-state index contributed by atoms with van der Waals surface area (Å²) in [5.41, 5.74) is -0.0909. The van der Waals surface area contributed by atoms with Gasteiger partial charge < -0.3 is 9.84 Å². The third-order valence-corrected chi connectivity index (χ3v) is 5.43. The van der Waals surface area contributed by atoms with Gasteiger partial charge in [-0.1, -0.05) is 6.92 Å². The first kappa shape index (κ1) is 15.8. The zero-order valence-corrected chi connectivity index (χ0v) is 12.9. The number of nitrogens with one attached hydrogen (secondary N) is 1. The molecule has 1 aromatic carbocycles. The van der Waals surface area contributed by atoms with Crippen LogP contribution in [0.4, 0.5) is 0 Å². The number of esters is 1. The first-order valence-corrected chi connectivity index (χ1v) is 8.23. The maximum Gasteiger partial charge on any atom is 0.341 e. The molecule has 0 atom stereocenters. The number of phenolic OH excluding ortho intramolecular Hbond substituents is 1. The summed E-state index contributed by atoms with van der Waals surface area (Å²) in [4.78, 5) is 11.4. The van der Waals surface area contributed by atoms with Crippen molar-refractivity contribution in [2.45, 2.75) is 31.1 Å². The van der Waals surface area contributed by atoms with Crippen LogP contribution in [0.1, 0.15) is 36.5 Å². The van der Waals surface area contributed by atoms with E-state index < -0.39 is 16.0 Å². The predicted molar refractivity (Wildman–Crippen MR) is 76.6 cm³/mol. The molecule has 116 valence electrons. The summed E-state index contributed by atoms with van der Waals surface area (Å²) >= 11 is 0. The van der Waals surface area contributed by atoms with Gasteiger partial charge in [-0.2, -0.15) is 0 Å². The lowest BCUT2D eigenvalue weighted by molar-refractivity contribution is 0.0597. The standard InChI is InChI=1S/C14H19NO5S/c1-3-14(6-7-14)9-15-21(18,19)10-4-5-12(16)11(8-10)13(17)20-2/h4-5,8,15-16H,3,6-7,9H2,1-2H3. The lowest BCUT2D eigenvalue weighted by atomic mass is 10.1. The molecule has 0 saturated heterocycles. The largest absolute Gasteiger partial charge is 0.507 e. The molecule has 0 heterocycles. The van der Waals surface area contributed by atoms with Gasteiger partial charge in [0.15, 0.2) is 0 Å². The summed E-state index contributed by atoms with van der Waals surface area (Å²) in [5.74, 6) is -1.09. The zero-order chi connectivity index (χ0) is 15.7. The van der Waals surface area contributed by atoms with Crippen LogP contribution in [-0.2, 0) is 14.8 Å². The van der Waals surface area contributed by atoms with Gasteiger partial charge >= 0.3 is 5.97 Å². The SMILES string of the molecule is CCC1(CNS(=O)(=O)c2ccc(O)c(C(=O)OC)c2)CC1. The fraction of sp³-hybridized carbons (Fsp3) is 0.500. The molecule has 0 aliphatic heterocycles. The topological polar surface area (TPSA) is 92.7 Å². The van der Waals surface area contributed by atoms with E-state index in [1.54, 1.807) is 0 Å². The number of sulfonamides is 1. The second kappa shape index (κ2) is 5.65. The summed E-state index contributed by atoms with van der Waals surface area (Å²) < 4.78 is 31.6. The molecular weight excluding hydrogens is 294 g/mol. The number of carbonyl (C=O) groups excluding carboxylic acids is 1. The Kier molecular flexibility index (Phi) is 4.25. The Bertz CT molecular complexity index is 649. The van der Waals surface area contributed by atoms with Crippen LogP contribution in [0.5, 0.6) is 5.75 Å². The first-order chi connectivity index (χ1) is 9.83. The molecule has 0 bridgehead atoms. The normalized spacial score (nSPS) is 16.5. The Labute approximate surface area is 124 Å². The monoisotopic (exact) mass is 313 g/mol. The average molecular weight is 313 g/mol. The first-order valence-electron chi connectivity index (χ1n) is 6.74. The predicted octanol–water partition coefficient (Wildman–Crippen LogP) is 1.65. The lowest BCUT2D eigenvalue weighted by Crippen LogP contribution is -2.30. The Morgan fingerprint density at radius 3 is 2.62 bits per heavy atom. The van der Waals surface area contributed by atoms with Crippen molar-refractivity contribution >= 4 is 16.0 Å². The summed E-state index contributed by atoms with van der Waals surface area (Å²) in [5, 5.41) is 9.59. The molecule has 0 spiro atoms. The van der Waals surface area contributed by atoms with E-state index in [2.05, 4.69) is 9.46 Å². The average Bonchev–Trinajstić information content (AvgIpc) is 3.25. The Balaban J connectivity index is 2.22. The van der Waals surface area contributed by atoms with Crippen LogP contribution in [-0.4, -0.2) is 33.1 Å². The number of carbonyl (C=O) groups is 1. The van der Waals surface area contributed by atoms with Crippen molar-refractivity contribution in [3.05, 3.63) is 23.8 Å². The van der Waals surface area contributed by atoms with Crippen LogP contribution in [0.25, 0.3) is 0 Å². The number of ether oxygens (including phenoxy) is 1. The number of hydrogen-bond acceptors (Lipinski definition) is 5. The van der Waals surface area contributed by atoms with E-state index in [-0.39, 0.29) is 21.6 Å². The highest BCUT2D eigenvalue weighted by Crippen LogP contribution is 2.48. The van der Waals surface area contributed by atoms with E-state index in [1.807, 2.05) is 6.92 Å². The molecule has 2 rings (SSSR count). The number of methoxy groups -OCH3 is 1. The molecule has 0 radical (unpaired) electrons. The van der Waals surface area contributed by atoms with Gasteiger partial charge in [-0.25, -0.2) is 17.9 Å². The highest BCUT2D eigenvalue weighted by molar-refractivity contribution is 7.89. The molecule has 21 heavy (non-hydrogen) atoms. The molecule has 1 aliphatic carbocycles. The summed E-state index contributed by atoms with van der Waals surface area (Å²) in [6, 6.07) is 3.55. The maximum atomic E-state index is 12.3. The highest BCUT2D eigenvalue weighted by Gasteiger charge is 2.41. The van der Waals surface area contributed by atoms with Crippen molar-refractivity contribution in [1.29, 1.82) is 0 Å². The van der Waals surface area contributed by atoms with Crippen molar-refractivity contribution in [3.8, 4) is 5.75 Å². The fourth-order valence-electron chi connectivity index (χ4n) is 2.12. The quantitative estimate of drug-likeness (QED) is 0.779. The smallest absolute Gasteiger partial charge is 0.341 e. The Morgan fingerprint density at radius 1 is 1.43 bits per heavy atom. The number of aromatic hydroxyl groups is 1. The molecule has 6 nitrogen and oxygen atoms in total. The van der Waals surface area contributed by atoms with E-state index in [4.69, 9.17) is 0 Å². The van der Waals surface area contributed by atoms with E-state index in [0.717, 1.165) is 25.3 Å². The number of hydrogen-bond donors (Lipinski definition) is 2. The van der Waals surface area contributed by atoms with E-state index in [9.17, 15) is 18.3 Å². The Hall–Kier alpha value is -1.60. The van der Waals surface area contributed by atoms with Crippen molar-refractivity contribution in [2.24, 2.45) is 5.41 Å². The molecule has 0 amide bonds. The second-order valence-electron chi connectivity index (χ2n) is 5.35. The summed E-state index contributed by atoms with van der Waals surface area (Å²) in [6.07, 6.45) is 2.97. The minimum absolute atomic E-state index is 0.0624. The third kappa shape index (κ3) is 3.36. The fourth-order valence-corrected chi connectivity index (χ4v) is 3.30.